The molecular formula is C14H19F2NO4S. The van der Waals surface area contributed by atoms with E-state index in [9.17, 15) is 22.0 Å². The van der Waals surface area contributed by atoms with Crippen LogP contribution in [0.15, 0.2) is 23.1 Å². The van der Waals surface area contributed by atoms with Gasteiger partial charge in [-0.1, -0.05) is 19.9 Å². The van der Waals surface area contributed by atoms with Crippen molar-refractivity contribution in [2.24, 2.45) is 11.8 Å². The summed E-state index contributed by atoms with van der Waals surface area (Å²) in [4.78, 5) is 10.8. The zero-order valence-corrected chi connectivity index (χ0v) is 13.4. The summed E-state index contributed by atoms with van der Waals surface area (Å²) in [5.41, 5.74) is 0. The lowest BCUT2D eigenvalue weighted by Gasteiger charge is -2.17. The largest absolute Gasteiger partial charge is 0.469 e. The molecular weight excluding hydrogens is 316 g/mol. The van der Waals surface area contributed by atoms with Gasteiger partial charge >= 0.3 is 5.97 Å². The molecule has 1 rings (SSSR count). The molecule has 22 heavy (non-hydrogen) atoms. The number of methoxy groups -OCH3 is 1. The second-order valence-electron chi connectivity index (χ2n) is 5.25. The lowest BCUT2D eigenvalue weighted by Crippen LogP contribution is -2.34. The van der Waals surface area contributed by atoms with Crippen LogP contribution in [0, 0.1) is 23.5 Å². The van der Waals surface area contributed by atoms with E-state index in [0.717, 1.165) is 18.2 Å². The van der Waals surface area contributed by atoms with Gasteiger partial charge in [0.1, 0.15) is 4.90 Å². The normalized spacial score (nSPS) is 13.2. The summed E-state index contributed by atoms with van der Waals surface area (Å²) in [6, 6.07) is 2.87. The Hall–Kier alpha value is -1.54. The highest BCUT2D eigenvalue weighted by Gasteiger charge is 2.26. The number of carbonyl (C=O) groups excluding carboxylic acids is 1. The van der Waals surface area contributed by atoms with Crippen LogP contribution in [0.3, 0.4) is 0 Å². The monoisotopic (exact) mass is 335 g/mol. The van der Waals surface area contributed by atoms with Crippen molar-refractivity contribution in [3.63, 3.8) is 0 Å². The van der Waals surface area contributed by atoms with Crippen LogP contribution in [0.1, 0.15) is 20.3 Å². The highest BCUT2D eigenvalue weighted by molar-refractivity contribution is 7.89. The summed E-state index contributed by atoms with van der Waals surface area (Å²) < 4.78 is 57.5. The van der Waals surface area contributed by atoms with E-state index in [1.165, 1.54) is 7.11 Å². The summed E-state index contributed by atoms with van der Waals surface area (Å²) in [5.74, 6) is -3.82. The van der Waals surface area contributed by atoms with Crippen molar-refractivity contribution in [2.45, 2.75) is 25.2 Å². The number of benzene rings is 1. The molecule has 1 aromatic rings. The lowest BCUT2D eigenvalue weighted by atomic mass is 9.97. The molecule has 8 heteroatoms. The van der Waals surface area contributed by atoms with E-state index in [2.05, 4.69) is 9.46 Å². The molecule has 0 saturated carbocycles. The van der Waals surface area contributed by atoms with Gasteiger partial charge in [-0.2, -0.15) is 0 Å². The predicted molar refractivity (Wildman–Crippen MR) is 76.5 cm³/mol. The van der Waals surface area contributed by atoms with Crippen molar-refractivity contribution in [2.75, 3.05) is 13.7 Å². The molecule has 0 radical (unpaired) electrons. The quantitative estimate of drug-likeness (QED) is 0.774. The van der Waals surface area contributed by atoms with Crippen LogP contribution >= 0.6 is 0 Å². The standard InChI is InChI=1S/C14H19F2NO4S/c1-9(2)7-10(14(18)21-3)8-17-22(19,20)12-6-4-5-11(15)13(12)16/h4-6,9-10,17H,7-8H2,1-3H3. The molecule has 0 aliphatic heterocycles. The smallest absolute Gasteiger partial charge is 0.309 e. The molecule has 0 amide bonds. The Bertz CT molecular complexity index is 632. The molecule has 1 aromatic carbocycles. The van der Waals surface area contributed by atoms with Crippen LogP contribution < -0.4 is 4.72 Å². The van der Waals surface area contributed by atoms with Crippen LogP contribution in [-0.2, 0) is 19.6 Å². The molecule has 0 aromatic heterocycles. The average Bonchev–Trinajstić information content (AvgIpc) is 2.45. The van der Waals surface area contributed by atoms with Crippen molar-refractivity contribution in [1.82, 2.24) is 4.72 Å². The van der Waals surface area contributed by atoms with E-state index >= 15 is 0 Å². The fourth-order valence-corrected chi connectivity index (χ4v) is 3.15. The Morgan fingerprint density at radius 1 is 1.32 bits per heavy atom. The van der Waals surface area contributed by atoms with Gasteiger partial charge in [0.05, 0.1) is 13.0 Å². The van der Waals surface area contributed by atoms with Crippen LogP contribution in [0.4, 0.5) is 8.78 Å². The zero-order chi connectivity index (χ0) is 16.9. The summed E-state index contributed by atoms with van der Waals surface area (Å²) >= 11 is 0. The number of hydrogen-bond donors (Lipinski definition) is 1. The molecule has 0 aliphatic carbocycles. The van der Waals surface area contributed by atoms with Crippen molar-refractivity contribution >= 4 is 16.0 Å². The maximum atomic E-state index is 13.6. The predicted octanol–water partition coefficient (Wildman–Crippen LogP) is 2.08. The van der Waals surface area contributed by atoms with Crippen LogP contribution in [0.2, 0.25) is 0 Å². The second-order valence-corrected chi connectivity index (χ2v) is 6.99. The summed E-state index contributed by atoms with van der Waals surface area (Å²) in [5, 5.41) is 0. The lowest BCUT2D eigenvalue weighted by molar-refractivity contribution is -0.145. The average molecular weight is 335 g/mol. The van der Waals surface area contributed by atoms with Gasteiger partial charge in [-0.15, -0.1) is 0 Å². The minimum atomic E-state index is -4.26. The van der Waals surface area contributed by atoms with E-state index in [4.69, 9.17) is 0 Å². The Morgan fingerprint density at radius 3 is 2.50 bits per heavy atom. The first kappa shape index (κ1) is 18.5. The minimum absolute atomic E-state index is 0.138. The molecule has 0 fully saturated rings. The van der Waals surface area contributed by atoms with Crippen LogP contribution in [0.5, 0.6) is 0 Å². The number of sulfonamides is 1. The van der Waals surface area contributed by atoms with E-state index < -0.39 is 38.4 Å². The molecule has 0 heterocycles. The molecule has 0 spiro atoms. The van der Waals surface area contributed by atoms with E-state index in [1.54, 1.807) is 0 Å². The fraction of sp³-hybridized carbons (Fsp3) is 0.500. The van der Waals surface area contributed by atoms with E-state index in [0.29, 0.717) is 6.42 Å². The third-order valence-electron chi connectivity index (χ3n) is 3.02. The topological polar surface area (TPSA) is 72.5 Å². The van der Waals surface area contributed by atoms with Crippen LogP contribution in [-0.4, -0.2) is 28.0 Å². The molecule has 0 aliphatic rings. The number of esters is 1. The highest BCUT2D eigenvalue weighted by atomic mass is 32.2. The Morgan fingerprint density at radius 2 is 1.95 bits per heavy atom. The van der Waals surface area contributed by atoms with Crippen molar-refractivity contribution in [1.29, 1.82) is 0 Å². The maximum absolute atomic E-state index is 13.6. The zero-order valence-electron chi connectivity index (χ0n) is 12.6. The van der Waals surface area contributed by atoms with Gasteiger partial charge in [-0.25, -0.2) is 21.9 Å². The van der Waals surface area contributed by atoms with Gasteiger partial charge in [0.25, 0.3) is 0 Å². The number of halogens is 2. The van der Waals surface area contributed by atoms with Crippen molar-refractivity contribution < 1.29 is 26.7 Å². The van der Waals surface area contributed by atoms with Gasteiger partial charge in [0.15, 0.2) is 11.6 Å². The molecule has 0 saturated heterocycles. The third-order valence-corrected chi connectivity index (χ3v) is 4.46. The number of hydrogen-bond acceptors (Lipinski definition) is 4. The van der Waals surface area contributed by atoms with Gasteiger partial charge in [-0.3, -0.25) is 4.79 Å². The van der Waals surface area contributed by atoms with Gasteiger partial charge in [0.2, 0.25) is 10.0 Å². The van der Waals surface area contributed by atoms with Crippen LogP contribution in [0.25, 0.3) is 0 Å². The Kier molecular flexibility index (Phi) is 6.43. The SMILES string of the molecule is COC(=O)C(CNS(=O)(=O)c1cccc(F)c1F)CC(C)C. The number of carbonyl (C=O) groups is 1. The Labute approximate surface area is 128 Å². The first-order valence-electron chi connectivity index (χ1n) is 6.70. The fourth-order valence-electron chi connectivity index (χ4n) is 1.98. The molecule has 5 nitrogen and oxygen atoms in total. The first-order chi connectivity index (χ1) is 10.2. The summed E-state index contributed by atoms with van der Waals surface area (Å²) in [7, 11) is -3.05. The van der Waals surface area contributed by atoms with Crippen molar-refractivity contribution in [3.05, 3.63) is 29.8 Å². The second kappa shape index (κ2) is 7.64. The van der Waals surface area contributed by atoms with Gasteiger partial charge in [-0.05, 0) is 24.5 Å². The third kappa shape index (κ3) is 4.74. The van der Waals surface area contributed by atoms with E-state index in [1.807, 2.05) is 13.8 Å². The number of ether oxygens (including phenoxy) is 1. The molecule has 1 unspecified atom stereocenters. The first-order valence-corrected chi connectivity index (χ1v) is 8.18. The summed E-state index contributed by atoms with van der Waals surface area (Å²) in [6.45, 7) is 3.50. The van der Waals surface area contributed by atoms with Gasteiger partial charge in [0, 0.05) is 6.54 Å². The molecule has 1 N–H and O–H groups in total. The van der Waals surface area contributed by atoms with Crippen molar-refractivity contribution in [3.8, 4) is 0 Å². The molecule has 124 valence electrons. The van der Waals surface area contributed by atoms with E-state index in [-0.39, 0.29) is 12.5 Å². The van der Waals surface area contributed by atoms with Gasteiger partial charge < -0.3 is 4.74 Å². The Balaban J connectivity index is 2.91. The number of rotatable bonds is 7. The highest BCUT2D eigenvalue weighted by Crippen LogP contribution is 2.18. The maximum Gasteiger partial charge on any atom is 0.309 e. The molecule has 0 bridgehead atoms. The number of nitrogens with one attached hydrogen (secondary N) is 1. The molecule has 1 atom stereocenters. The minimum Gasteiger partial charge on any atom is -0.469 e. The summed E-state index contributed by atoms with van der Waals surface area (Å²) in [6.07, 6.45) is 0.404.